The van der Waals surface area contributed by atoms with Crippen LogP contribution in [0, 0.1) is 11.6 Å². The summed E-state index contributed by atoms with van der Waals surface area (Å²) in [5, 5.41) is 0. The molecule has 0 saturated carbocycles. The molecule has 0 N–H and O–H groups in total. The van der Waals surface area contributed by atoms with Gasteiger partial charge in [0.05, 0.1) is 16.8 Å². The number of piperazine rings is 1. The number of nitrogens with zero attached hydrogens (tertiary/aromatic N) is 3. The molecule has 2 aliphatic heterocycles. The van der Waals surface area contributed by atoms with Crippen molar-refractivity contribution in [2.24, 2.45) is 0 Å². The number of anilines is 2. The zero-order chi connectivity index (χ0) is 23.2. The lowest BCUT2D eigenvalue weighted by atomic mass is 10.1. The van der Waals surface area contributed by atoms with E-state index < -0.39 is 35.1 Å². The van der Waals surface area contributed by atoms with Crippen molar-refractivity contribution in [3.8, 4) is 0 Å². The van der Waals surface area contributed by atoms with Crippen molar-refractivity contribution in [2.75, 3.05) is 36.0 Å². The van der Waals surface area contributed by atoms with E-state index >= 15 is 0 Å². The summed E-state index contributed by atoms with van der Waals surface area (Å²) in [4.78, 5) is 41.2. The Morgan fingerprint density at radius 1 is 0.906 bits per heavy atom. The lowest BCUT2D eigenvalue weighted by Gasteiger charge is -2.37. The molecule has 0 radical (unpaired) electrons. The first kappa shape index (κ1) is 21.7. The summed E-state index contributed by atoms with van der Waals surface area (Å²) in [5.74, 6) is -3.02. The quantitative estimate of drug-likeness (QED) is 0.660. The molecule has 4 rings (SSSR count). The normalized spacial score (nSPS) is 16.5. The average Bonchev–Trinajstić information content (AvgIpc) is 2.97. The van der Waals surface area contributed by atoms with Gasteiger partial charge in [-0.3, -0.25) is 9.59 Å². The Bertz CT molecular complexity index is 1050. The van der Waals surface area contributed by atoms with Crippen LogP contribution in [0.5, 0.6) is 0 Å². The number of benzene rings is 2. The van der Waals surface area contributed by atoms with Gasteiger partial charge in [-0.2, -0.15) is 0 Å². The third kappa shape index (κ3) is 3.90. The number of fused-ring (bicyclic) bond motifs is 1. The summed E-state index contributed by atoms with van der Waals surface area (Å²) in [6, 6.07) is 8.21. The zero-order valence-corrected chi connectivity index (χ0v) is 18.0. The fourth-order valence-corrected chi connectivity index (χ4v) is 3.85. The van der Waals surface area contributed by atoms with E-state index in [-0.39, 0.29) is 48.7 Å². The SMILES string of the molecule is CC(C)(C)OC(=O)N1CCN(c2c(F)cc(N3C(=O)c4ccccc4C3=O)cc2F)CC1. The standard InChI is InChI=1S/C23H23F2N3O4/c1-23(2,3)32-22(31)27-10-8-26(9-11-27)19-17(24)12-14(13-18(19)25)28-20(29)15-6-4-5-7-16(15)21(28)30/h4-7,12-13H,8-11H2,1-3H3. The van der Waals surface area contributed by atoms with Gasteiger partial charge in [0.2, 0.25) is 0 Å². The first-order chi connectivity index (χ1) is 15.1. The summed E-state index contributed by atoms with van der Waals surface area (Å²) >= 11 is 0. The van der Waals surface area contributed by atoms with Gasteiger partial charge in [-0.1, -0.05) is 12.1 Å². The molecule has 2 aromatic carbocycles. The number of ether oxygens (including phenoxy) is 1. The van der Waals surface area contributed by atoms with E-state index in [9.17, 15) is 23.2 Å². The van der Waals surface area contributed by atoms with Crippen LogP contribution in [-0.2, 0) is 4.74 Å². The molecule has 0 bridgehead atoms. The molecule has 9 heteroatoms. The van der Waals surface area contributed by atoms with Crippen molar-refractivity contribution >= 4 is 29.3 Å². The summed E-state index contributed by atoms with van der Waals surface area (Å²) in [6.45, 7) is 6.20. The molecule has 2 aliphatic rings. The minimum atomic E-state index is -0.887. The topological polar surface area (TPSA) is 70.2 Å². The van der Waals surface area contributed by atoms with Crippen molar-refractivity contribution in [3.63, 3.8) is 0 Å². The van der Waals surface area contributed by atoms with Gasteiger partial charge < -0.3 is 14.5 Å². The Morgan fingerprint density at radius 2 is 1.41 bits per heavy atom. The lowest BCUT2D eigenvalue weighted by Crippen LogP contribution is -2.50. The van der Waals surface area contributed by atoms with Gasteiger partial charge in [0.15, 0.2) is 11.6 Å². The summed E-state index contributed by atoms with van der Waals surface area (Å²) in [7, 11) is 0. The molecule has 0 spiro atoms. The Labute approximate surface area is 184 Å². The molecule has 3 amide bonds. The molecule has 0 aromatic heterocycles. The van der Waals surface area contributed by atoms with Gasteiger partial charge in [0, 0.05) is 38.3 Å². The third-order valence-corrected chi connectivity index (χ3v) is 5.30. The van der Waals surface area contributed by atoms with Gasteiger partial charge in [0.25, 0.3) is 11.8 Å². The Hall–Kier alpha value is -3.49. The predicted molar refractivity (Wildman–Crippen MR) is 114 cm³/mol. The number of carbonyl (C=O) groups excluding carboxylic acids is 3. The molecule has 1 saturated heterocycles. The lowest BCUT2D eigenvalue weighted by molar-refractivity contribution is 0.0240. The van der Waals surface area contributed by atoms with E-state index in [1.807, 2.05) is 0 Å². The molecule has 2 heterocycles. The monoisotopic (exact) mass is 443 g/mol. The zero-order valence-electron chi connectivity index (χ0n) is 18.0. The first-order valence-electron chi connectivity index (χ1n) is 10.3. The van der Waals surface area contributed by atoms with E-state index in [1.54, 1.807) is 32.9 Å². The Balaban J connectivity index is 1.52. The minimum Gasteiger partial charge on any atom is -0.444 e. The Kier molecular flexibility index (Phi) is 5.36. The van der Waals surface area contributed by atoms with Crippen LogP contribution >= 0.6 is 0 Å². The molecule has 2 aromatic rings. The van der Waals surface area contributed by atoms with Crippen LogP contribution in [-0.4, -0.2) is 54.6 Å². The summed E-state index contributed by atoms with van der Waals surface area (Å²) in [5.41, 5.74) is -0.662. The van der Waals surface area contributed by atoms with Gasteiger partial charge in [-0.15, -0.1) is 0 Å². The average molecular weight is 443 g/mol. The maximum Gasteiger partial charge on any atom is 0.410 e. The number of hydrogen-bond acceptors (Lipinski definition) is 5. The van der Waals surface area contributed by atoms with Crippen molar-refractivity contribution in [1.82, 2.24) is 4.90 Å². The predicted octanol–water partition coefficient (Wildman–Crippen LogP) is 3.82. The number of imide groups is 1. The highest BCUT2D eigenvalue weighted by Gasteiger charge is 2.37. The van der Waals surface area contributed by atoms with E-state index in [0.29, 0.717) is 0 Å². The van der Waals surface area contributed by atoms with Gasteiger partial charge in [-0.25, -0.2) is 18.5 Å². The second-order valence-corrected chi connectivity index (χ2v) is 8.70. The minimum absolute atomic E-state index is 0.164. The largest absolute Gasteiger partial charge is 0.444 e. The molecule has 1 fully saturated rings. The van der Waals surface area contributed by atoms with Crippen molar-refractivity contribution in [3.05, 3.63) is 59.2 Å². The maximum atomic E-state index is 15.0. The molecule has 0 atom stereocenters. The van der Waals surface area contributed by atoms with E-state index in [0.717, 1.165) is 17.0 Å². The maximum absolute atomic E-state index is 15.0. The molecule has 7 nitrogen and oxygen atoms in total. The van der Waals surface area contributed by atoms with E-state index in [4.69, 9.17) is 4.74 Å². The van der Waals surface area contributed by atoms with Crippen molar-refractivity contribution in [2.45, 2.75) is 26.4 Å². The summed E-state index contributed by atoms with van der Waals surface area (Å²) < 4.78 is 35.3. The number of rotatable bonds is 2. The van der Waals surface area contributed by atoms with Crippen LogP contribution in [0.15, 0.2) is 36.4 Å². The molecule has 32 heavy (non-hydrogen) atoms. The van der Waals surface area contributed by atoms with Crippen LogP contribution in [0.3, 0.4) is 0 Å². The molecule has 168 valence electrons. The molecule has 0 aliphatic carbocycles. The Morgan fingerprint density at radius 3 is 1.88 bits per heavy atom. The number of carbonyl (C=O) groups is 3. The molecule has 0 unspecified atom stereocenters. The highest BCUT2D eigenvalue weighted by Crippen LogP contribution is 2.34. The van der Waals surface area contributed by atoms with Gasteiger partial charge >= 0.3 is 6.09 Å². The van der Waals surface area contributed by atoms with Gasteiger partial charge in [0.1, 0.15) is 11.3 Å². The number of amides is 3. The fraction of sp³-hybridized carbons (Fsp3) is 0.348. The van der Waals surface area contributed by atoms with E-state index in [2.05, 4.69) is 0 Å². The highest BCUT2D eigenvalue weighted by molar-refractivity contribution is 6.34. The van der Waals surface area contributed by atoms with Crippen molar-refractivity contribution in [1.29, 1.82) is 0 Å². The summed E-state index contributed by atoms with van der Waals surface area (Å²) in [6.07, 6.45) is -0.473. The molecular weight excluding hydrogens is 420 g/mol. The molecular formula is C23H23F2N3O4. The number of halogens is 2. The van der Waals surface area contributed by atoms with E-state index in [1.165, 1.54) is 21.9 Å². The van der Waals surface area contributed by atoms with Crippen LogP contribution in [0.2, 0.25) is 0 Å². The second-order valence-electron chi connectivity index (χ2n) is 8.70. The smallest absolute Gasteiger partial charge is 0.410 e. The van der Waals surface area contributed by atoms with Crippen LogP contribution < -0.4 is 9.80 Å². The third-order valence-electron chi connectivity index (χ3n) is 5.30. The van der Waals surface area contributed by atoms with Gasteiger partial charge in [-0.05, 0) is 32.9 Å². The van der Waals surface area contributed by atoms with Crippen LogP contribution in [0.25, 0.3) is 0 Å². The number of hydrogen-bond donors (Lipinski definition) is 0. The van der Waals surface area contributed by atoms with Crippen LogP contribution in [0.1, 0.15) is 41.5 Å². The second kappa shape index (κ2) is 7.89. The van der Waals surface area contributed by atoms with Crippen LogP contribution in [0.4, 0.5) is 25.0 Å². The first-order valence-corrected chi connectivity index (χ1v) is 10.3. The van der Waals surface area contributed by atoms with Crippen molar-refractivity contribution < 1.29 is 27.9 Å². The highest BCUT2D eigenvalue weighted by atomic mass is 19.1. The fourth-order valence-electron chi connectivity index (χ4n) is 3.85.